The summed E-state index contributed by atoms with van der Waals surface area (Å²) in [5, 5.41) is 8.78. The van der Waals surface area contributed by atoms with Crippen LogP contribution in [0.1, 0.15) is 21.6 Å². The number of carbonyl (C=O) groups is 1. The number of pyridine rings is 1. The van der Waals surface area contributed by atoms with Gasteiger partial charge in [-0.3, -0.25) is 4.98 Å². The van der Waals surface area contributed by atoms with Crippen LogP contribution in [0.5, 0.6) is 0 Å². The second kappa shape index (κ2) is 6.20. The van der Waals surface area contributed by atoms with Crippen molar-refractivity contribution < 1.29 is 9.90 Å². The lowest BCUT2D eigenvalue weighted by molar-refractivity contribution is 0.0696. The van der Waals surface area contributed by atoms with Gasteiger partial charge >= 0.3 is 5.97 Å². The second-order valence-corrected chi connectivity index (χ2v) is 4.77. The van der Waals surface area contributed by atoms with Crippen LogP contribution >= 0.6 is 11.8 Å². The van der Waals surface area contributed by atoms with Crippen molar-refractivity contribution in [3.05, 3.63) is 59.4 Å². The van der Waals surface area contributed by atoms with Gasteiger partial charge in [-0.05, 0) is 42.2 Å². The van der Waals surface area contributed by atoms with Crippen LogP contribution < -0.4 is 0 Å². The fraction of sp³-hybridized carbons (Fsp3) is 0.0667. The van der Waals surface area contributed by atoms with Gasteiger partial charge in [-0.25, -0.2) is 4.79 Å². The van der Waals surface area contributed by atoms with Crippen LogP contribution in [-0.2, 0) is 0 Å². The molecule has 2 aromatic rings. The van der Waals surface area contributed by atoms with Crippen LogP contribution in [0.4, 0.5) is 0 Å². The predicted molar refractivity (Wildman–Crippen MR) is 78.3 cm³/mol. The third kappa shape index (κ3) is 3.69. The van der Waals surface area contributed by atoms with Crippen LogP contribution in [0.3, 0.4) is 0 Å². The van der Waals surface area contributed by atoms with E-state index in [1.54, 1.807) is 23.9 Å². The smallest absolute Gasteiger partial charge is 0.337 e. The van der Waals surface area contributed by atoms with Crippen molar-refractivity contribution in [2.45, 2.75) is 4.90 Å². The molecule has 19 heavy (non-hydrogen) atoms. The lowest BCUT2D eigenvalue weighted by Gasteiger charge is -1.98. The summed E-state index contributed by atoms with van der Waals surface area (Å²) in [6.45, 7) is 0. The highest BCUT2D eigenvalue weighted by atomic mass is 32.2. The third-order valence-electron chi connectivity index (χ3n) is 2.57. The Balaban J connectivity index is 2.15. The van der Waals surface area contributed by atoms with Crippen LogP contribution in [-0.4, -0.2) is 22.3 Å². The SMILES string of the molecule is CSc1cccc(/C=C/c2ccc(C(=O)O)cn2)c1. The highest BCUT2D eigenvalue weighted by Gasteiger charge is 2.01. The van der Waals surface area contributed by atoms with Crippen molar-refractivity contribution >= 4 is 29.9 Å². The number of carboxylic acid groups (broad SMARTS) is 1. The van der Waals surface area contributed by atoms with E-state index in [9.17, 15) is 4.79 Å². The van der Waals surface area contributed by atoms with Crippen LogP contribution in [0, 0.1) is 0 Å². The lowest BCUT2D eigenvalue weighted by atomic mass is 10.2. The van der Waals surface area contributed by atoms with E-state index in [1.165, 1.54) is 11.1 Å². The minimum Gasteiger partial charge on any atom is -0.478 e. The Hall–Kier alpha value is -2.07. The Kier molecular flexibility index (Phi) is 4.36. The zero-order chi connectivity index (χ0) is 13.7. The molecule has 1 aromatic heterocycles. The molecule has 0 unspecified atom stereocenters. The van der Waals surface area contributed by atoms with Gasteiger partial charge < -0.3 is 5.11 Å². The first-order valence-electron chi connectivity index (χ1n) is 5.70. The van der Waals surface area contributed by atoms with Crippen molar-refractivity contribution in [2.24, 2.45) is 0 Å². The molecule has 0 aliphatic carbocycles. The van der Waals surface area contributed by atoms with Crippen LogP contribution in [0.25, 0.3) is 12.2 Å². The molecule has 0 bridgehead atoms. The fourth-order valence-corrected chi connectivity index (χ4v) is 2.03. The molecule has 0 aliphatic heterocycles. The number of aromatic nitrogens is 1. The molecule has 4 heteroatoms. The molecule has 0 atom stereocenters. The molecule has 0 saturated carbocycles. The van der Waals surface area contributed by atoms with Crippen LogP contribution in [0.15, 0.2) is 47.5 Å². The summed E-state index contributed by atoms with van der Waals surface area (Å²) in [7, 11) is 0. The summed E-state index contributed by atoms with van der Waals surface area (Å²) < 4.78 is 0. The molecule has 3 nitrogen and oxygen atoms in total. The van der Waals surface area contributed by atoms with Crippen molar-refractivity contribution in [2.75, 3.05) is 6.26 Å². The van der Waals surface area contributed by atoms with E-state index in [-0.39, 0.29) is 5.56 Å². The summed E-state index contributed by atoms with van der Waals surface area (Å²) in [6.07, 6.45) is 7.23. The monoisotopic (exact) mass is 271 g/mol. The number of hydrogen-bond acceptors (Lipinski definition) is 3. The van der Waals surface area contributed by atoms with E-state index in [0.29, 0.717) is 0 Å². The number of aromatic carboxylic acids is 1. The maximum absolute atomic E-state index is 10.7. The first-order chi connectivity index (χ1) is 9.19. The maximum Gasteiger partial charge on any atom is 0.337 e. The largest absolute Gasteiger partial charge is 0.478 e. The minimum atomic E-state index is -0.962. The third-order valence-corrected chi connectivity index (χ3v) is 3.30. The predicted octanol–water partition coefficient (Wildman–Crippen LogP) is 3.67. The number of benzene rings is 1. The summed E-state index contributed by atoms with van der Waals surface area (Å²) in [5.74, 6) is -0.962. The molecule has 1 heterocycles. The lowest BCUT2D eigenvalue weighted by Crippen LogP contribution is -1.96. The van der Waals surface area contributed by atoms with Gasteiger partial charge in [-0.1, -0.05) is 18.2 Å². The summed E-state index contributed by atoms with van der Waals surface area (Å²) in [6, 6.07) is 11.4. The average molecular weight is 271 g/mol. The topological polar surface area (TPSA) is 50.2 Å². The average Bonchev–Trinajstić information content (AvgIpc) is 2.46. The van der Waals surface area contributed by atoms with E-state index in [0.717, 1.165) is 11.3 Å². The molecule has 1 aromatic carbocycles. The van der Waals surface area contributed by atoms with Gasteiger partial charge in [-0.2, -0.15) is 0 Å². The van der Waals surface area contributed by atoms with Gasteiger partial charge in [0, 0.05) is 11.1 Å². The summed E-state index contributed by atoms with van der Waals surface area (Å²) >= 11 is 1.70. The van der Waals surface area contributed by atoms with E-state index >= 15 is 0 Å². The molecule has 0 radical (unpaired) electrons. The van der Waals surface area contributed by atoms with Gasteiger partial charge in [0.25, 0.3) is 0 Å². The van der Waals surface area contributed by atoms with Crippen molar-refractivity contribution in [1.29, 1.82) is 0 Å². The Morgan fingerprint density at radius 2 is 2.11 bits per heavy atom. The van der Waals surface area contributed by atoms with E-state index in [1.807, 2.05) is 30.5 Å². The number of hydrogen-bond donors (Lipinski definition) is 1. The Labute approximate surface area is 116 Å². The standard InChI is InChI=1S/C15H13NO2S/c1-19-14-4-2-3-11(9-14)5-7-13-8-6-12(10-16-13)15(17)18/h2-10H,1H3,(H,17,18)/b7-5+. The zero-order valence-corrected chi connectivity index (χ0v) is 11.2. The van der Waals surface area contributed by atoms with E-state index in [2.05, 4.69) is 17.1 Å². The molecular weight excluding hydrogens is 258 g/mol. The van der Waals surface area contributed by atoms with Crippen molar-refractivity contribution in [1.82, 2.24) is 4.98 Å². The highest BCUT2D eigenvalue weighted by molar-refractivity contribution is 7.98. The Morgan fingerprint density at radius 1 is 1.26 bits per heavy atom. The molecular formula is C15H13NO2S. The molecule has 0 amide bonds. The Bertz CT molecular complexity index is 606. The minimum absolute atomic E-state index is 0.196. The number of thioether (sulfide) groups is 1. The summed E-state index contributed by atoms with van der Waals surface area (Å²) in [5.41, 5.74) is 2.03. The summed E-state index contributed by atoms with van der Waals surface area (Å²) in [4.78, 5) is 16.0. The fourth-order valence-electron chi connectivity index (χ4n) is 1.56. The molecule has 0 fully saturated rings. The quantitative estimate of drug-likeness (QED) is 0.862. The molecule has 0 spiro atoms. The Morgan fingerprint density at radius 3 is 2.74 bits per heavy atom. The second-order valence-electron chi connectivity index (χ2n) is 3.89. The zero-order valence-electron chi connectivity index (χ0n) is 10.4. The van der Waals surface area contributed by atoms with Gasteiger partial charge in [0.15, 0.2) is 0 Å². The van der Waals surface area contributed by atoms with Gasteiger partial charge in [0.05, 0.1) is 11.3 Å². The van der Waals surface area contributed by atoms with Crippen molar-refractivity contribution in [3.63, 3.8) is 0 Å². The molecule has 1 N–H and O–H groups in total. The van der Waals surface area contributed by atoms with E-state index < -0.39 is 5.97 Å². The number of carboxylic acids is 1. The van der Waals surface area contributed by atoms with Gasteiger partial charge in [0.1, 0.15) is 0 Å². The van der Waals surface area contributed by atoms with Gasteiger partial charge in [0.2, 0.25) is 0 Å². The van der Waals surface area contributed by atoms with Gasteiger partial charge in [-0.15, -0.1) is 11.8 Å². The molecule has 96 valence electrons. The maximum atomic E-state index is 10.7. The molecule has 0 aliphatic rings. The normalized spacial score (nSPS) is 10.8. The van der Waals surface area contributed by atoms with Crippen molar-refractivity contribution in [3.8, 4) is 0 Å². The molecule has 0 saturated heterocycles. The van der Waals surface area contributed by atoms with Crippen LogP contribution in [0.2, 0.25) is 0 Å². The molecule has 2 rings (SSSR count). The number of nitrogens with zero attached hydrogens (tertiary/aromatic N) is 1. The first-order valence-corrected chi connectivity index (χ1v) is 6.93. The van der Waals surface area contributed by atoms with E-state index in [4.69, 9.17) is 5.11 Å². The first kappa shape index (κ1) is 13.4. The highest BCUT2D eigenvalue weighted by Crippen LogP contribution is 2.17. The number of rotatable bonds is 4.